The number of likely N-dealkylation sites (N-methyl/N-ethyl adjacent to an activating group) is 1. The number of carbonyl (C=O) groups excluding carboxylic acids is 4. The molecule has 11 nitrogen and oxygen atoms in total. The van der Waals surface area contributed by atoms with Gasteiger partial charge in [-0.2, -0.15) is 0 Å². The Balaban J connectivity index is 1.45. The maximum absolute atomic E-state index is 17.7. The van der Waals surface area contributed by atoms with Gasteiger partial charge in [0.05, 0.1) is 18.8 Å². The lowest BCUT2D eigenvalue weighted by atomic mass is 9.44. The van der Waals surface area contributed by atoms with Crippen molar-refractivity contribution < 1.29 is 52.4 Å². The van der Waals surface area contributed by atoms with Crippen molar-refractivity contribution >= 4 is 23.4 Å². The minimum Gasteiger partial charge on any atom is -0.456 e. The number of esters is 1. The van der Waals surface area contributed by atoms with Crippen molar-refractivity contribution in [2.45, 2.75) is 121 Å². The fourth-order valence-corrected chi connectivity index (χ4v) is 9.49. The van der Waals surface area contributed by atoms with Gasteiger partial charge in [0.15, 0.2) is 29.9 Å². The number of Topliss-reactive ketones (excluding diaryl/α,β-unsaturated/α-hetero) is 1. The van der Waals surface area contributed by atoms with Crippen molar-refractivity contribution in [2.24, 2.45) is 28.6 Å². The second-order valence-electron chi connectivity index (χ2n) is 15.0. The molecule has 268 valence electrons. The first-order valence-electron chi connectivity index (χ1n) is 17.1. The summed E-state index contributed by atoms with van der Waals surface area (Å²) in [5.41, 5.74) is -6.89. The third-order valence-corrected chi connectivity index (χ3v) is 11.9. The number of allylic oxidation sites excluding steroid dienone is 4. The lowest BCUT2D eigenvalue weighted by Gasteiger charge is -2.63. The van der Waals surface area contributed by atoms with E-state index in [2.05, 4.69) is 10.6 Å². The van der Waals surface area contributed by atoms with Gasteiger partial charge in [-0.25, -0.2) is 13.6 Å². The van der Waals surface area contributed by atoms with Gasteiger partial charge >= 0.3 is 5.97 Å². The number of rotatable bonds is 12. The second-order valence-corrected chi connectivity index (χ2v) is 15.0. The molecule has 1 saturated heterocycles. The Morgan fingerprint density at radius 3 is 2.50 bits per heavy atom. The Hall–Kier alpha value is -2.58. The zero-order valence-corrected chi connectivity index (χ0v) is 28.6. The van der Waals surface area contributed by atoms with Crippen molar-refractivity contribution in [2.75, 3.05) is 20.3 Å². The predicted molar refractivity (Wildman–Crippen MR) is 169 cm³/mol. The number of hydrogen-bond acceptors (Lipinski definition) is 10. The molecule has 4 aliphatic carbocycles. The van der Waals surface area contributed by atoms with E-state index in [9.17, 15) is 29.4 Å². The highest BCUT2D eigenvalue weighted by Gasteiger charge is 2.80. The van der Waals surface area contributed by atoms with Gasteiger partial charge in [0.2, 0.25) is 11.7 Å². The zero-order valence-electron chi connectivity index (χ0n) is 28.6. The van der Waals surface area contributed by atoms with Gasteiger partial charge in [-0.1, -0.05) is 40.2 Å². The lowest BCUT2D eigenvalue weighted by Crippen LogP contribution is -2.71. The number of nitrogens with one attached hydrogen (secondary N) is 2. The number of halogens is 2. The summed E-state index contributed by atoms with van der Waals surface area (Å²) in [5, 5.41) is 26.5. The van der Waals surface area contributed by atoms with Crippen LogP contribution in [-0.4, -0.2) is 102 Å². The van der Waals surface area contributed by atoms with E-state index in [1.807, 2.05) is 20.8 Å². The monoisotopic (exact) mass is 680 g/mol. The standard InChI is InChI=1S/C35H50F2N2O9/c1-7-8-29-47-28-14-20-21-13-23(36)22-12-19(41)9-10-32(22,4)34(21,37)26(42)15-33(20,5)35(28,48-29)27(43)17-46-31(45)24(11-18(2)3)39-30(44)25(16-40)38-6/h9-10,12,18,20-21,23-26,28-29,38,40,42H,7-8,11,13-17H2,1-6H3,(H,39,44)/t20?,21-,23-,24-,25-,26-,28+,29?,32-,33-,34-,35+/m0/s1. The molecule has 0 aromatic carbocycles. The minimum atomic E-state index is -2.34. The first kappa shape index (κ1) is 36.7. The number of alkyl halides is 2. The first-order valence-corrected chi connectivity index (χ1v) is 17.1. The third-order valence-electron chi connectivity index (χ3n) is 11.9. The van der Waals surface area contributed by atoms with Gasteiger partial charge < -0.3 is 35.1 Å². The molecule has 48 heavy (non-hydrogen) atoms. The molecular weight excluding hydrogens is 630 g/mol. The number of aliphatic hydroxyl groups is 2. The molecule has 0 bridgehead atoms. The van der Waals surface area contributed by atoms with E-state index in [1.165, 1.54) is 26.1 Å². The molecule has 2 unspecified atom stereocenters. The average Bonchev–Trinajstić information content (AvgIpc) is 3.50. The van der Waals surface area contributed by atoms with Crippen LogP contribution in [-0.2, 0) is 33.4 Å². The Bertz CT molecular complexity index is 1370. The quantitative estimate of drug-likeness (QED) is 0.226. The summed E-state index contributed by atoms with van der Waals surface area (Å²) in [6, 6.07) is -2.06. The van der Waals surface area contributed by atoms with Crippen LogP contribution in [0.25, 0.3) is 0 Å². The highest BCUT2D eigenvalue weighted by Crippen LogP contribution is 2.72. The largest absolute Gasteiger partial charge is 0.456 e. The first-order chi connectivity index (χ1) is 22.5. The number of amides is 1. The third kappa shape index (κ3) is 5.48. The van der Waals surface area contributed by atoms with Crippen LogP contribution >= 0.6 is 0 Å². The van der Waals surface area contributed by atoms with Gasteiger partial charge in [-0.05, 0) is 75.6 Å². The Morgan fingerprint density at radius 1 is 1.17 bits per heavy atom. The number of carbonyl (C=O) groups is 4. The normalized spacial score (nSPS) is 41.1. The summed E-state index contributed by atoms with van der Waals surface area (Å²) in [6.45, 7) is 7.67. The van der Waals surface area contributed by atoms with Crippen molar-refractivity contribution in [3.8, 4) is 0 Å². The highest BCUT2D eigenvalue weighted by atomic mass is 19.1. The topological polar surface area (TPSA) is 160 Å². The van der Waals surface area contributed by atoms with Crippen LogP contribution < -0.4 is 10.6 Å². The molecule has 3 saturated carbocycles. The molecule has 0 aromatic rings. The molecule has 1 heterocycles. The molecule has 0 spiro atoms. The van der Waals surface area contributed by atoms with Crippen LogP contribution in [0.2, 0.25) is 0 Å². The van der Waals surface area contributed by atoms with Gasteiger partial charge in [-0.3, -0.25) is 14.4 Å². The van der Waals surface area contributed by atoms with Crippen molar-refractivity contribution in [1.82, 2.24) is 10.6 Å². The molecule has 1 aliphatic heterocycles. The van der Waals surface area contributed by atoms with Crippen LogP contribution in [0, 0.1) is 28.6 Å². The van der Waals surface area contributed by atoms with Crippen molar-refractivity contribution in [3.05, 3.63) is 23.8 Å². The number of ketones is 2. The van der Waals surface area contributed by atoms with E-state index >= 15 is 8.78 Å². The van der Waals surface area contributed by atoms with Gasteiger partial charge in [0, 0.05) is 16.7 Å². The summed E-state index contributed by atoms with van der Waals surface area (Å²) in [7, 11) is 1.49. The zero-order chi connectivity index (χ0) is 35.4. The SMILES string of the molecule is CCCC1O[C@@H]2CC3[C@@H]4C[C@H](F)C5=CC(=O)C=C[C@]5(C)[C@@]4(F)[C@@H](O)C[C@]3(C)[C@]2(C(=O)COC(=O)[C@H](CC(C)C)NC(=O)[C@H](CO)NC)O1. The smallest absolute Gasteiger partial charge is 0.329 e. The number of ether oxygens (including phenoxy) is 3. The Morgan fingerprint density at radius 2 is 1.88 bits per heavy atom. The van der Waals surface area contributed by atoms with Gasteiger partial charge in [0.25, 0.3) is 0 Å². The fourth-order valence-electron chi connectivity index (χ4n) is 9.49. The summed E-state index contributed by atoms with van der Waals surface area (Å²) in [4.78, 5) is 52.6. The van der Waals surface area contributed by atoms with E-state index in [1.54, 1.807) is 6.92 Å². The predicted octanol–water partition coefficient (Wildman–Crippen LogP) is 2.42. The van der Waals surface area contributed by atoms with Gasteiger partial charge in [-0.15, -0.1) is 0 Å². The van der Waals surface area contributed by atoms with Gasteiger partial charge in [0.1, 0.15) is 18.3 Å². The Labute approximate surface area is 280 Å². The van der Waals surface area contributed by atoms with E-state index in [-0.39, 0.29) is 37.2 Å². The highest BCUT2D eigenvalue weighted by molar-refractivity contribution is 6.01. The lowest BCUT2D eigenvalue weighted by molar-refractivity contribution is -0.235. The number of hydrogen-bond donors (Lipinski definition) is 4. The van der Waals surface area contributed by atoms with E-state index in [0.717, 1.165) is 6.08 Å². The molecule has 0 aromatic heterocycles. The van der Waals surface area contributed by atoms with Crippen LogP contribution in [0.3, 0.4) is 0 Å². The Kier molecular flexibility index (Phi) is 10.1. The van der Waals surface area contributed by atoms with E-state index < -0.39 is 107 Å². The second kappa shape index (κ2) is 13.3. The number of fused-ring (bicyclic) bond motifs is 7. The number of aliphatic hydroxyl groups excluding tert-OH is 2. The van der Waals surface area contributed by atoms with E-state index in [0.29, 0.717) is 12.8 Å². The van der Waals surface area contributed by atoms with Crippen LogP contribution in [0.1, 0.15) is 73.1 Å². The molecule has 1 amide bonds. The minimum absolute atomic E-state index is 0.00544. The summed E-state index contributed by atoms with van der Waals surface area (Å²) < 4.78 is 52.0. The van der Waals surface area contributed by atoms with Crippen LogP contribution in [0.15, 0.2) is 23.8 Å². The van der Waals surface area contributed by atoms with Crippen LogP contribution in [0.4, 0.5) is 8.78 Å². The molecular formula is C35H50F2N2O9. The summed E-state index contributed by atoms with van der Waals surface area (Å²) >= 11 is 0. The fraction of sp³-hybridized carbons (Fsp3) is 0.771. The van der Waals surface area contributed by atoms with E-state index in [4.69, 9.17) is 14.2 Å². The average molecular weight is 681 g/mol. The van der Waals surface area contributed by atoms with Crippen molar-refractivity contribution in [1.29, 1.82) is 0 Å². The molecule has 5 aliphatic rings. The molecule has 12 atom stereocenters. The molecule has 0 radical (unpaired) electrons. The maximum atomic E-state index is 17.7. The maximum Gasteiger partial charge on any atom is 0.329 e. The van der Waals surface area contributed by atoms with Crippen molar-refractivity contribution in [3.63, 3.8) is 0 Å². The molecule has 5 rings (SSSR count). The molecule has 4 fully saturated rings. The van der Waals surface area contributed by atoms with Crippen LogP contribution in [0.5, 0.6) is 0 Å². The molecule has 4 N–H and O–H groups in total. The summed E-state index contributed by atoms with van der Waals surface area (Å²) in [5.74, 6) is -4.26. The molecule has 13 heteroatoms. The summed E-state index contributed by atoms with van der Waals surface area (Å²) in [6.07, 6.45) is -0.244.